The molecule has 1 saturated heterocycles. The highest BCUT2D eigenvalue weighted by atomic mass is 16.6. The third-order valence-corrected chi connectivity index (χ3v) is 5.26. The summed E-state index contributed by atoms with van der Waals surface area (Å²) in [4.78, 5) is 34.1. The molecule has 4 rings (SSSR count). The number of carbonyl (C=O) groups excluding carboxylic acids is 2. The largest absolute Gasteiger partial charge is 0.493 e. The number of carbonyl (C=O) groups is 2. The van der Waals surface area contributed by atoms with E-state index in [1.807, 2.05) is 12.1 Å². The molecule has 0 radical (unpaired) electrons. The van der Waals surface area contributed by atoms with Crippen molar-refractivity contribution in [3.8, 4) is 22.8 Å². The Bertz CT molecular complexity index is 1030. The van der Waals surface area contributed by atoms with Crippen molar-refractivity contribution < 1.29 is 23.8 Å². The van der Waals surface area contributed by atoms with Gasteiger partial charge < -0.3 is 14.2 Å². The van der Waals surface area contributed by atoms with Gasteiger partial charge in [-0.3, -0.25) is 19.6 Å². The summed E-state index contributed by atoms with van der Waals surface area (Å²) in [6.07, 6.45) is 0.485. The Morgan fingerprint density at radius 1 is 1.13 bits per heavy atom. The van der Waals surface area contributed by atoms with Gasteiger partial charge in [0.2, 0.25) is 0 Å². The van der Waals surface area contributed by atoms with Crippen LogP contribution in [-0.4, -0.2) is 47.7 Å². The number of anilines is 1. The lowest BCUT2D eigenvalue weighted by Crippen LogP contribution is -2.42. The maximum Gasteiger partial charge on any atom is 0.412 e. The number of aromatic nitrogens is 1. The van der Waals surface area contributed by atoms with Crippen molar-refractivity contribution >= 4 is 17.7 Å². The van der Waals surface area contributed by atoms with E-state index in [1.54, 1.807) is 58.0 Å². The normalized spacial score (nSPS) is 19.7. The summed E-state index contributed by atoms with van der Waals surface area (Å²) >= 11 is 0. The molecular formula is C22H25N3O5. The van der Waals surface area contributed by atoms with Gasteiger partial charge in [0.25, 0.3) is 5.91 Å². The topological polar surface area (TPSA) is 81.2 Å². The Morgan fingerprint density at radius 3 is 2.43 bits per heavy atom. The molecule has 1 aromatic heterocycles. The first kappa shape index (κ1) is 20.0. The van der Waals surface area contributed by atoms with Gasteiger partial charge in [-0.2, -0.15) is 0 Å². The van der Waals surface area contributed by atoms with Crippen molar-refractivity contribution in [3.05, 3.63) is 36.0 Å². The number of fused-ring (bicyclic) bond motifs is 6. The third-order valence-electron chi connectivity index (χ3n) is 5.26. The zero-order valence-corrected chi connectivity index (χ0v) is 17.9. The SMILES string of the molecule is COc1cc2c(cc1OC)N1C(=O)[C@@H](C)N(C(=O)OC(C)(C)C)[C@@H]1c1cccnc1-2. The molecule has 0 N–H and O–H groups in total. The molecule has 0 saturated carbocycles. The Labute approximate surface area is 175 Å². The molecule has 30 heavy (non-hydrogen) atoms. The fraction of sp³-hybridized carbons (Fsp3) is 0.409. The van der Waals surface area contributed by atoms with Crippen LogP contribution in [0.15, 0.2) is 30.5 Å². The van der Waals surface area contributed by atoms with Gasteiger partial charge in [-0.25, -0.2) is 4.79 Å². The molecule has 0 bridgehead atoms. The number of nitrogens with zero attached hydrogens (tertiary/aromatic N) is 3. The molecular weight excluding hydrogens is 386 g/mol. The number of rotatable bonds is 2. The monoisotopic (exact) mass is 411 g/mol. The van der Waals surface area contributed by atoms with Crippen LogP contribution in [-0.2, 0) is 9.53 Å². The molecule has 8 heteroatoms. The van der Waals surface area contributed by atoms with Gasteiger partial charge >= 0.3 is 6.09 Å². The molecule has 158 valence electrons. The van der Waals surface area contributed by atoms with Crippen LogP contribution in [0.2, 0.25) is 0 Å². The highest BCUT2D eigenvalue weighted by Crippen LogP contribution is 2.52. The highest BCUT2D eigenvalue weighted by Gasteiger charge is 2.52. The maximum atomic E-state index is 13.3. The number of pyridine rings is 1. The number of benzene rings is 1. The second-order valence-electron chi connectivity index (χ2n) is 8.31. The van der Waals surface area contributed by atoms with Crippen molar-refractivity contribution in [3.63, 3.8) is 0 Å². The molecule has 8 nitrogen and oxygen atoms in total. The first-order valence-electron chi connectivity index (χ1n) is 9.73. The summed E-state index contributed by atoms with van der Waals surface area (Å²) in [6.45, 7) is 7.11. The molecule has 3 heterocycles. The van der Waals surface area contributed by atoms with Gasteiger partial charge in [0.1, 0.15) is 17.8 Å². The lowest BCUT2D eigenvalue weighted by atomic mass is 9.95. The molecule has 2 atom stereocenters. The fourth-order valence-corrected chi connectivity index (χ4v) is 4.00. The maximum absolute atomic E-state index is 13.3. The Balaban J connectivity index is 1.93. The summed E-state index contributed by atoms with van der Waals surface area (Å²) in [5.41, 5.74) is 2.11. The molecule has 0 spiro atoms. The average molecular weight is 411 g/mol. The zero-order chi connectivity index (χ0) is 21.8. The van der Waals surface area contributed by atoms with Crippen LogP contribution >= 0.6 is 0 Å². The summed E-state index contributed by atoms with van der Waals surface area (Å²) in [7, 11) is 3.10. The zero-order valence-electron chi connectivity index (χ0n) is 17.9. The second kappa shape index (κ2) is 6.90. The van der Waals surface area contributed by atoms with E-state index in [4.69, 9.17) is 14.2 Å². The van der Waals surface area contributed by atoms with E-state index >= 15 is 0 Å². The van der Waals surface area contributed by atoms with Crippen LogP contribution in [0, 0.1) is 0 Å². The lowest BCUT2D eigenvalue weighted by Gasteiger charge is -2.37. The molecule has 1 aromatic carbocycles. The number of hydrogen-bond donors (Lipinski definition) is 0. The van der Waals surface area contributed by atoms with Crippen LogP contribution in [0.1, 0.15) is 39.4 Å². The van der Waals surface area contributed by atoms with Gasteiger partial charge in [-0.1, -0.05) is 6.07 Å². The quantitative estimate of drug-likeness (QED) is 0.749. The molecule has 2 aromatic rings. The fourth-order valence-electron chi connectivity index (χ4n) is 4.00. The Hall–Kier alpha value is -3.29. The van der Waals surface area contributed by atoms with E-state index in [0.29, 0.717) is 22.9 Å². The molecule has 0 aliphatic carbocycles. The van der Waals surface area contributed by atoms with Crippen molar-refractivity contribution in [1.82, 2.24) is 9.88 Å². The molecule has 2 aliphatic rings. The third kappa shape index (κ3) is 2.94. The highest BCUT2D eigenvalue weighted by molar-refractivity contribution is 6.07. The van der Waals surface area contributed by atoms with Crippen LogP contribution in [0.5, 0.6) is 11.5 Å². The van der Waals surface area contributed by atoms with Gasteiger partial charge in [-0.15, -0.1) is 0 Å². The van der Waals surface area contributed by atoms with Gasteiger partial charge in [0, 0.05) is 23.4 Å². The first-order chi connectivity index (χ1) is 14.2. The van der Waals surface area contributed by atoms with Gasteiger partial charge in [0.05, 0.1) is 25.6 Å². The van der Waals surface area contributed by atoms with Crippen molar-refractivity contribution in [2.24, 2.45) is 0 Å². The minimum atomic E-state index is -0.697. The summed E-state index contributed by atoms with van der Waals surface area (Å²) in [6, 6.07) is 6.54. The van der Waals surface area contributed by atoms with E-state index in [2.05, 4.69) is 4.98 Å². The minimum absolute atomic E-state index is 0.200. The minimum Gasteiger partial charge on any atom is -0.493 e. The van der Waals surface area contributed by atoms with Crippen LogP contribution < -0.4 is 14.4 Å². The summed E-state index contributed by atoms with van der Waals surface area (Å²) in [5, 5.41) is 0. The number of methoxy groups -OCH3 is 2. The van der Waals surface area contributed by atoms with Gasteiger partial charge in [-0.05, 0) is 39.8 Å². The van der Waals surface area contributed by atoms with Crippen molar-refractivity contribution in [2.75, 3.05) is 19.1 Å². The standard InChI is InChI=1S/C22H25N3O5/c1-12-20(26)25-15-11-17(29-6)16(28-5)10-14(15)18-13(8-7-9-23-18)19(25)24(12)21(27)30-22(2,3)4/h7-12,19H,1-6H3/t12-,19+/m1/s1. The predicted molar refractivity (Wildman–Crippen MR) is 111 cm³/mol. The average Bonchev–Trinajstić information content (AvgIpc) is 2.97. The van der Waals surface area contributed by atoms with Crippen LogP contribution in [0.25, 0.3) is 11.3 Å². The predicted octanol–water partition coefficient (Wildman–Crippen LogP) is 3.75. The molecule has 2 amide bonds. The first-order valence-corrected chi connectivity index (χ1v) is 9.73. The van der Waals surface area contributed by atoms with E-state index < -0.39 is 23.9 Å². The molecule has 2 aliphatic heterocycles. The number of amides is 2. The Morgan fingerprint density at radius 2 is 1.80 bits per heavy atom. The van der Waals surface area contributed by atoms with E-state index in [1.165, 1.54) is 12.0 Å². The van der Waals surface area contributed by atoms with Crippen LogP contribution in [0.4, 0.5) is 10.5 Å². The van der Waals surface area contributed by atoms with E-state index in [0.717, 1.165) is 11.1 Å². The van der Waals surface area contributed by atoms with Crippen molar-refractivity contribution in [1.29, 1.82) is 0 Å². The smallest absolute Gasteiger partial charge is 0.412 e. The lowest BCUT2D eigenvalue weighted by molar-refractivity contribution is -0.119. The summed E-state index contributed by atoms with van der Waals surface area (Å²) in [5.74, 6) is 0.828. The molecule has 1 fully saturated rings. The van der Waals surface area contributed by atoms with E-state index in [-0.39, 0.29) is 5.91 Å². The van der Waals surface area contributed by atoms with Crippen molar-refractivity contribution in [2.45, 2.75) is 45.5 Å². The summed E-state index contributed by atoms with van der Waals surface area (Å²) < 4.78 is 16.5. The van der Waals surface area contributed by atoms with Gasteiger partial charge in [0.15, 0.2) is 11.5 Å². The number of hydrogen-bond acceptors (Lipinski definition) is 6. The Kier molecular flexibility index (Phi) is 4.60. The number of ether oxygens (including phenoxy) is 3. The molecule has 0 unspecified atom stereocenters. The van der Waals surface area contributed by atoms with Crippen LogP contribution in [0.3, 0.4) is 0 Å². The van der Waals surface area contributed by atoms with E-state index in [9.17, 15) is 9.59 Å². The second-order valence-corrected chi connectivity index (χ2v) is 8.31.